The number of nitrogens with two attached hydrogens (primary N) is 2. The Bertz CT molecular complexity index is 324. The molecule has 90 valence electrons. The molecule has 0 aliphatic carbocycles. The molecule has 0 spiro atoms. The topological polar surface area (TPSA) is 144 Å². The lowest BCUT2D eigenvalue weighted by molar-refractivity contribution is -0.143. The molecule has 1 atom stereocenters. The second kappa shape index (κ2) is 4.88. The number of carboxylic acids is 1. The Hall–Kier alpha value is -0.700. The molecule has 0 aliphatic rings. The Morgan fingerprint density at radius 2 is 1.93 bits per heavy atom. The molecule has 0 saturated heterocycles. The van der Waals surface area contributed by atoms with Crippen molar-refractivity contribution in [3.63, 3.8) is 0 Å². The van der Waals surface area contributed by atoms with Crippen molar-refractivity contribution < 1.29 is 22.9 Å². The van der Waals surface area contributed by atoms with E-state index >= 15 is 0 Å². The van der Waals surface area contributed by atoms with Crippen LogP contribution >= 0.6 is 0 Å². The minimum absolute atomic E-state index is 0.0887. The van der Waals surface area contributed by atoms with Crippen molar-refractivity contribution in [1.29, 1.82) is 0 Å². The second-order valence-electron chi connectivity index (χ2n) is 3.43. The summed E-state index contributed by atoms with van der Waals surface area (Å²) < 4.78 is 30.3. The van der Waals surface area contributed by atoms with Crippen LogP contribution in [0.25, 0.3) is 0 Å². The van der Waals surface area contributed by atoms with Crippen LogP contribution in [0.3, 0.4) is 0 Å². The van der Waals surface area contributed by atoms with Gasteiger partial charge in [-0.15, -0.1) is 0 Å². The van der Waals surface area contributed by atoms with Crippen molar-refractivity contribution in [3.05, 3.63) is 0 Å². The van der Waals surface area contributed by atoms with Gasteiger partial charge in [-0.2, -0.15) is 8.42 Å². The summed E-state index contributed by atoms with van der Waals surface area (Å²) in [6, 6.07) is 0. The first-order chi connectivity index (χ1) is 6.61. The van der Waals surface area contributed by atoms with Crippen LogP contribution in [0.1, 0.15) is 26.2 Å². The van der Waals surface area contributed by atoms with Crippen LogP contribution in [0.4, 0.5) is 0 Å². The average Bonchev–Trinajstić information content (AvgIpc) is 2.02. The van der Waals surface area contributed by atoms with E-state index in [9.17, 15) is 13.2 Å². The summed E-state index contributed by atoms with van der Waals surface area (Å²) in [6.45, 7) is 1.56. The fourth-order valence-corrected chi connectivity index (χ4v) is 1.91. The fraction of sp³-hybridized carbons (Fsp3) is 0.857. The number of hydrogen-bond acceptors (Lipinski definition) is 5. The molecule has 0 rings (SSSR count). The zero-order valence-corrected chi connectivity index (χ0v) is 9.20. The van der Waals surface area contributed by atoms with Gasteiger partial charge < -0.3 is 16.6 Å². The average molecular weight is 240 g/mol. The molecular formula is C7H16N2O5S. The summed E-state index contributed by atoms with van der Waals surface area (Å²) in [5.74, 6) is -1.41. The molecule has 0 bridgehead atoms. The zero-order chi connectivity index (χ0) is 12.3. The van der Waals surface area contributed by atoms with E-state index in [0.29, 0.717) is 0 Å². The lowest BCUT2D eigenvalue weighted by Gasteiger charge is -2.21. The van der Waals surface area contributed by atoms with E-state index in [1.807, 2.05) is 0 Å². The van der Waals surface area contributed by atoms with Crippen molar-refractivity contribution in [3.8, 4) is 0 Å². The molecular weight excluding hydrogens is 224 g/mol. The summed E-state index contributed by atoms with van der Waals surface area (Å²) in [6.07, 6.45) is -0.135. The van der Waals surface area contributed by atoms with Crippen LogP contribution in [-0.2, 0) is 14.9 Å². The van der Waals surface area contributed by atoms with Gasteiger partial charge in [-0.1, -0.05) is 6.92 Å². The van der Waals surface area contributed by atoms with E-state index in [0.717, 1.165) is 0 Å². The van der Waals surface area contributed by atoms with Gasteiger partial charge in [-0.3, -0.25) is 4.55 Å². The number of carboxylic acid groups (broad SMARTS) is 1. The number of rotatable bonds is 6. The summed E-state index contributed by atoms with van der Waals surface area (Å²) in [7, 11) is -4.17. The molecule has 0 saturated carbocycles. The summed E-state index contributed by atoms with van der Waals surface area (Å²) >= 11 is 0. The van der Waals surface area contributed by atoms with Gasteiger partial charge in [-0.25, -0.2) is 4.79 Å². The van der Waals surface area contributed by atoms with Crippen molar-refractivity contribution in [2.75, 3.05) is 0 Å². The smallest absolute Gasteiger partial charge is 0.338 e. The molecule has 1 unspecified atom stereocenters. The molecule has 0 aromatic carbocycles. The monoisotopic (exact) mass is 240 g/mol. The standard InChI is InChI=1S/C7H16N2O5S/c1-2-5(15(12,13)14)3-4-7(8,9)6(10)11/h5H,2-4,8-9H2,1H3,(H,10,11)(H,12,13,14). The van der Waals surface area contributed by atoms with Crippen molar-refractivity contribution in [2.24, 2.45) is 11.5 Å². The van der Waals surface area contributed by atoms with Gasteiger partial charge in [0.1, 0.15) is 0 Å². The van der Waals surface area contributed by atoms with E-state index in [1.165, 1.54) is 0 Å². The zero-order valence-electron chi connectivity index (χ0n) is 8.38. The molecule has 0 amide bonds. The third-order valence-corrected chi connectivity index (χ3v) is 3.57. The molecule has 0 fully saturated rings. The molecule has 8 heteroatoms. The molecule has 0 aromatic rings. The SMILES string of the molecule is CCC(CCC(N)(N)C(=O)O)S(=O)(=O)O. The quantitative estimate of drug-likeness (QED) is 0.349. The maximum Gasteiger partial charge on any atom is 0.338 e. The van der Waals surface area contributed by atoms with Crippen LogP contribution in [0.2, 0.25) is 0 Å². The Balaban J connectivity index is 4.44. The van der Waals surface area contributed by atoms with Crippen LogP contribution in [0, 0.1) is 0 Å². The minimum atomic E-state index is -4.17. The Morgan fingerprint density at radius 1 is 1.47 bits per heavy atom. The number of aliphatic carboxylic acids is 1. The third-order valence-electron chi connectivity index (χ3n) is 2.15. The molecule has 15 heavy (non-hydrogen) atoms. The molecule has 0 aromatic heterocycles. The van der Waals surface area contributed by atoms with Gasteiger partial charge in [0.15, 0.2) is 5.66 Å². The third kappa shape index (κ3) is 4.56. The van der Waals surface area contributed by atoms with Crippen LogP contribution < -0.4 is 11.5 Å². The normalized spacial score (nSPS) is 14.9. The van der Waals surface area contributed by atoms with Crippen LogP contribution in [0.5, 0.6) is 0 Å². The van der Waals surface area contributed by atoms with E-state index in [1.54, 1.807) is 6.92 Å². The van der Waals surface area contributed by atoms with E-state index < -0.39 is 27.0 Å². The van der Waals surface area contributed by atoms with E-state index in [4.69, 9.17) is 21.1 Å². The second-order valence-corrected chi connectivity index (χ2v) is 5.13. The molecule has 6 N–H and O–H groups in total. The van der Waals surface area contributed by atoms with Gasteiger partial charge in [0.25, 0.3) is 10.1 Å². The van der Waals surface area contributed by atoms with Gasteiger partial charge in [0.2, 0.25) is 0 Å². The van der Waals surface area contributed by atoms with Gasteiger partial charge in [0, 0.05) is 0 Å². The molecule has 0 radical (unpaired) electrons. The van der Waals surface area contributed by atoms with Gasteiger partial charge in [-0.05, 0) is 19.3 Å². The Labute approximate surface area is 88.2 Å². The van der Waals surface area contributed by atoms with Crippen molar-refractivity contribution in [1.82, 2.24) is 0 Å². The minimum Gasteiger partial charge on any atom is -0.479 e. The van der Waals surface area contributed by atoms with Gasteiger partial charge >= 0.3 is 5.97 Å². The van der Waals surface area contributed by atoms with Crippen LogP contribution in [0.15, 0.2) is 0 Å². The molecule has 0 aliphatic heterocycles. The van der Waals surface area contributed by atoms with E-state index in [-0.39, 0.29) is 19.3 Å². The van der Waals surface area contributed by atoms with Crippen molar-refractivity contribution in [2.45, 2.75) is 37.1 Å². The fourth-order valence-electron chi connectivity index (χ4n) is 1.07. The first kappa shape index (κ1) is 14.3. The first-order valence-electron chi connectivity index (χ1n) is 4.38. The van der Waals surface area contributed by atoms with E-state index in [2.05, 4.69) is 0 Å². The summed E-state index contributed by atoms with van der Waals surface area (Å²) in [5.41, 5.74) is 8.45. The predicted molar refractivity (Wildman–Crippen MR) is 53.6 cm³/mol. The molecule has 0 heterocycles. The highest BCUT2D eigenvalue weighted by Crippen LogP contribution is 2.14. The highest BCUT2D eigenvalue weighted by Gasteiger charge is 2.31. The molecule has 7 nitrogen and oxygen atoms in total. The Morgan fingerprint density at radius 3 is 2.20 bits per heavy atom. The Kier molecular flexibility index (Phi) is 4.65. The largest absolute Gasteiger partial charge is 0.479 e. The van der Waals surface area contributed by atoms with Crippen LogP contribution in [-0.4, -0.2) is 35.0 Å². The predicted octanol–water partition coefficient (Wildman–Crippen LogP) is -0.869. The maximum atomic E-state index is 10.8. The lowest BCUT2D eigenvalue weighted by Crippen LogP contribution is -2.56. The first-order valence-corrected chi connectivity index (χ1v) is 5.89. The highest BCUT2D eigenvalue weighted by molar-refractivity contribution is 7.86. The lowest BCUT2D eigenvalue weighted by atomic mass is 10.0. The maximum absolute atomic E-state index is 10.8. The summed E-state index contributed by atoms with van der Waals surface area (Å²) in [4.78, 5) is 10.5. The summed E-state index contributed by atoms with van der Waals surface area (Å²) in [5, 5.41) is 7.54. The number of carbonyl (C=O) groups is 1. The van der Waals surface area contributed by atoms with Gasteiger partial charge in [0.05, 0.1) is 5.25 Å². The highest BCUT2D eigenvalue weighted by atomic mass is 32.2. The number of hydrogen-bond donors (Lipinski definition) is 4. The van der Waals surface area contributed by atoms with Crippen molar-refractivity contribution >= 4 is 16.1 Å².